The Morgan fingerprint density at radius 2 is 2.24 bits per heavy atom. The fourth-order valence-corrected chi connectivity index (χ4v) is 2.38. The van der Waals surface area contributed by atoms with Crippen molar-refractivity contribution in [2.45, 2.75) is 26.3 Å². The molecule has 96 valence electrons. The van der Waals surface area contributed by atoms with Gasteiger partial charge in [0, 0.05) is 26.6 Å². The molecule has 1 aromatic heterocycles. The van der Waals surface area contributed by atoms with Gasteiger partial charge >= 0.3 is 0 Å². The summed E-state index contributed by atoms with van der Waals surface area (Å²) in [6.07, 6.45) is 1.53. The highest BCUT2D eigenvalue weighted by molar-refractivity contribution is 9.10. The standard InChI is InChI=1S/C11H20BrN5/c1-4-8-11(12)9(17(3)15-8)7-16(2)6-5-10(13)14/h4-7H2,1-3H3,(H3,13,14). The van der Waals surface area contributed by atoms with E-state index in [-0.39, 0.29) is 5.84 Å². The van der Waals surface area contributed by atoms with Gasteiger partial charge in [-0.15, -0.1) is 0 Å². The minimum atomic E-state index is 0.232. The van der Waals surface area contributed by atoms with Crippen molar-refractivity contribution in [3.63, 3.8) is 0 Å². The lowest BCUT2D eigenvalue weighted by Gasteiger charge is -2.16. The third-order valence-electron chi connectivity index (χ3n) is 2.69. The number of aromatic nitrogens is 2. The molecule has 1 aromatic rings. The summed E-state index contributed by atoms with van der Waals surface area (Å²) in [5, 5.41) is 11.7. The first-order valence-electron chi connectivity index (χ1n) is 5.67. The van der Waals surface area contributed by atoms with Crippen molar-refractivity contribution >= 4 is 21.8 Å². The zero-order valence-electron chi connectivity index (χ0n) is 10.6. The third kappa shape index (κ3) is 3.81. The quantitative estimate of drug-likeness (QED) is 0.618. The van der Waals surface area contributed by atoms with Crippen LogP contribution in [0.5, 0.6) is 0 Å². The molecule has 6 heteroatoms. The Kier molecular flexibility index (Phi) is 5.14. The van der Waals surface area contributed by atoms with Gasteiger partial charge < -0.3 is 10.6 Å². The van der Waals surface area contributed by atoms with E-state index in [1.807, 2.05) is 18.8 Å². The molecule has 3 N–H and O–H groups in total. The van der Waals surface area contributed by atoms with E-state index in [0.29, 0.717) is 6.42 Å². The zero-order chi connectivity index (χ0) is 13.0. The molecule has 0 saturated carbocycles. The molecule has 0 radical (unpaired) electrons. The molecule has 0 atom stereocenters. The molecule has 0 aliphatic carbocycles. The summed E-state index contributed by atoms with van der Waals surface area (Å²) in [5.41, 5.74) is 7.60. The Morgan fingerprint density at radius 1 is 1.59 bits per heavy atom. The molecule has 0 saturated heterocycles. The molecule has 0 amide bonds. The van der Waals surface area contributed by atoms with Crippen molar-refractivity contribution in [2.24, 2.45) is 12.8 Å². The summed E-state index contributed by atoms with van der Waals surface area (Å²) in [6.45, 7) is 3.68. The highest BCUT2D eigenvalue weighted by atomic mass is 79.9. The topological polar surface area (TPSA) is 70.9 Å². The van der Waals surface area contributed by atoms with E-state index in [4.69, 9.17) is 11.1 Å². The Morgan fingerprint density at radius 3 is 2.71 bits per heavy atom. The van der Waals surface area contributed by atoms with Crippen molar-refractivity contribution in [2.75, 3.05) is 13.6 Å². The maximum Gasteiger partial charge on any atom is 0.0918 e. The van der Waals surface area contributed by atoms with Gasteiger partial charge in [0.25, 0.3) is 0 Å². The monoisotopic (exact) mass is 301 g/mol. The average molecular weight is 302 g/mol. The van der Waals surface area contributed by atoms with Crippen LogP contribution in [0.15, 0.2) is 4.47 Å². The first-order valence-corrected chi connectivity index (χ1v) is 6.46. The van der Waals surface area contributed by atoms with Crippen LogP contribution in [-0.2, 0) is 20.0 Å². The number of nitrogens with one attached hydrogen (secondary N) is 1. The molecule has 0 fully saturated rings. The normalized spacial score (nSPS) is 11.1. The van der Waals surface area contributed by atoms with Crippen LogP contribution < -0.4 is 5.73 Å². The fourth-order valence-electron chi connectivity index (χ4n) is 1.64. The molecule has 0 spiro atoms. The Balaban J connectivity index is 2.67. The van der Waals surface area contributed by atoms with Gasteiger partial charge in [-0.25, -0.2) is 0 Å². The lowest BCUT2D eigenvalue weighted by Crippen LogP contribution is -2.25. The lowest BCUT2D eigenvalue weighted by molar-refractivity contribution is 0.325. The number of nitrogens with zero attached hydrogens (tertiary/aromatic N) is 3. The average Bonchev–Trinajstić information content (AvgIpc) is 2.53. The molecule has 0 aliphatic rings. The number of amidine groups is 1. The number of rotatable bonds is 6. The van der Waals surface area contributed by atoms with Crippen LogP contribution in [0.25, 0.3) is 0 Å². The van der Waals surface area contributed by atoms with Gasteiger partial charge in [-0.05, 0) is 29.4 Å². The molecule has 0 bridgehead atoms. The fraction of sp³-hybridized carbons (Fsp3) is 0.636. The van der Waals surface area contributed by atoms with E-state index in [1.165, 1.54) is 0 Å². The maximum absolute atomic E-state index is 7.21. The van der Waals surface area contributed by atoms with Crippen molar-refractivity contribution in [1.29, 1.82) is 5.41 Å². The van der Waals surface area contributed by atoms with Crippen molar-refractivity contribution < 1.29 is 0 Å². The van der Waals surface area contributed by atoms with E-state index in [0.717, 1.165) is 35.4 Å². The van der Waals surface area contributed by atoms with Crippen LogP contribution in [0.3, 0.4) is 0 Å². The van der Waals surface area contributed by atoms with Crippen molar-refractivity contribution in [1.82, 2.24) is 14.7 Å². The van der Waals surface area contributed by atoms with E-state index >= 15 is 0 Å². The molecular weight excluding hydrogens is 282 g/mol. The summed E-state index contributed by atoms with van der Waals surface area (Å²) in [4.78, 5) is 2.14. The molecule has 0 unspecified atom stereocenters. The highest BCUT2D eigenvalue weighted by Gasteiger charge is 2.13. The van der Waals surface area contributed by atoms with Crippen LogP contribution in [0, 0.1) is 5.41 Å². The first-order chi connectivity index (χ1) is 7.95. The second-order valence-electron chi connectivity index (χ2n) is 4.20. The Bertz CT molecular complexity index is 399. The van der Waals surface area contributed by atoms with E-state index in [9.17, 15) is 0 Å². The van der Waals surface area contributed by atoms with E-state index in [1.54, 1.807) is 0 Å². The van der Waals surface area contributed by atoms with Gasteiger partial charge in [-0.3, -0.25) is 10.1 Å². The van der Waals surface area contributed by atoms with E-state index < -0.39 is 0 Å². The molecule has 1 heterocycles. The summed E-state index contributed by atoms with van der Waals surface area (Å²) in [7, 11) is 3.98. The van der Waals surface area contributed by atoms with Crippen LogP contribution >= 0.6 is 15.9 Å². The smallest absolute Gasteiger partial charge is 0.0918 e. The number of hydrogen-bond acceptors (Lipinski definition) is 3. The highest BCUT2D eigenvalue weighted by Crippen LogP contribution is 2.22. The minimum Gasteiger partial charge on any atom is -0.388 e. The number of nitrogens with two attached hydrogens (primary N) is 1. The van der Waals surface area contributed by atoms with Crippen LogP contribution in [-0.4, -0.2) is 34.1 Å². The van der Waals surface area contributed by atoms with Crippen molar-refractivity contribution in [3.05, 3.63) is 15.9 Å². The van der Waals surface area contributed by atoms with Gasteiger partial charge in [0.1, 0.15) is 0 Å². The van der Waals surface area contributed by atoms with Gasteiger partial charge in [0.05, 0.1) is 21.7 Å². The van der Waals surface area contributed by atoms with Gasteiger partial charge in [0.2, 0.25) is 0 Å². The van der Waals surface area contributed by atoms with Crippen molar-refractivity contribution in [3.8, 4) is 0 Å². The van der Waals surface area contributed by atoms with Crippen LogP contribution in [0.4, 0.5) is 0 Å². The lowest BCUT2D eigenvalue weighted by atomic mass is 10.3. The molecule has 17 heavy (non-hydrogen) atoms. The summed E-state index contributed by atoms with van der Waals surface area (Å²) in [5.74, 6) is 0.232. The third-order valence-corrected chi connectivity index (χ3v) is 3.60. The Hall–Kier alpha value is -0.880. The van der Waals surface area contributed by atoms with Crippen LogP contribution in [0.1, 0.15) is 24.7 Å². The summed E-state index contributed by atoms with van der Waals surface area (Å²) < 4.78 is 3.00. The second kappa shape index (κ2) is 6.16. The second-order valence-corrected chi connectivity index (χ2v) is 4.99. The number of hydrogen-bond donors (Lipinski definition) is 2. The first kappa shape index (κ1) is 14.2. The number of aryl methyl sites for hydroxylation is 2. The predicted molar refractivity (Wildman–Crippen MR) is 73.2 cm³/mol. The number of halogens is 1. The predicted octanol–water partition coefficient (Wildman–Crippen LogP) is 1.50. The SMILES string of the molecule is CCc1nn(C)c(CN(C)CCC(=N)N)c1Br. The van der Waals surface area contributed by atoms with E-state index in [2.05, 4.69) is 32.9 Å². The Labute approximate surface area is 111 Å². The zero-order valence-corrected chi connectivity index (χ0v) is 12.2. The summed E-state index contributed by atoms with van der Waals surface area (Å²) >= 11 is 3.59. The summed E-state index contributed by atoms with van der Waals surface area (Å²) in [6, 6.07) is 0. The maximum atomic E-state index is 7.21. The molecular formula is C11H20BrN5. The molecule has 0 aliphatic heterocycles. The van der Waals surface area contributed by atoms with Gasteiger partial charge in [0.15, 0.2) is 0 Å². The van der Waals surface area contributed by atoms with Gasteiger partial charge in [-0.2, -0.15) is 5.10 Å². The molecule has 5 nitrogen and oxygen atoms in total. The minimum absolute atomic E-state index is 0.232. The largest absolute Gasteiger partial charge is 0.388 e. The van der Waals surface area contributed by atoms with Crippen LogP contribution in [0.2, 0.25) is 0 Å². The molecule has 0 aromatic carbocycles. The molecule has 1 rings (SSSR count). The van der Waals surface area contributed by atoms with Gasteiger partial charge in [-0.1, -0.05) is 6.92 Å².